The van der Waals surface area contributed by atoms with Gasteiger partial charge in [0.15, 0.2) is 5.78 Å². The van der Waals surface area contributed by atoms with Crippen LogP contribution in [-0.4, -0.2) is 5.78 Å². The summed E-state index contributed by atoms with van der Waals surface area (Å²) < 4.78 is 13.8. The largest absolute Gasteiger partial charge is 0.294 e. The molecular formula is C14H8BrCl2FO. The molecule has 2 aromatic rings. The fraction of sp³-hybridized carbons (Fsp3) is 0.0714. The molecule has 0 atom stereocenters. The number of hydrogen-bond acceptors (Lipinski definition) is 1. The van der Waals surface area contributed by atoms with Crippen LogP contribution < -0.4 is 0 Å². The van der Waals surface area contributed by atoms with Gasteiger partial charge in [-0.25, -0.2) is 4.39 Å². The third-order valence-corrected chi connectivity index (χ3v) is 3.69. The Bertz CT molecular complexity index is 643. The van der Waals surface area contributed by atoms with Gasteiger partial charge in [-0.05, 0) is 35.9 Å². The highest BCUT2D eigenvalue weighted by molar-refractivity contribution is 9.10. The Hall–Kier alpha value is -0.900. The van der Waals surface area contributed by atoms with Gasteiger partial charge in [0, 0.05) is 16.5 Å². The molecule has 0 aromatic heterocycles. The van der Waals surface area contributed by atoms with E-state index in [1.54, 1.807) is 18.2 Å². The molecule has 0 spiro atoms. The first kappa shape index (κ1) is 14.5. The third-order valence-electron chi connectivity index (χ3n) is 2.58. The van der Waals surface area contributed by atoms with Crippen LogP contribution in [0.5, 0.6) is 0 Å². The number of halogens is 4. The summed E-state index contributed by atoms with van der Waals surface area (Å²) in [7, 11) is 0. The highest BCUT2D eigenvalue weighted by Crippen LogP contribution is 2.23. The molecule has 5 heteroatoms. The van der Waals surface area contributed by atoms with Gasteiger partial charge >= 0.3 is 0 Å². The van der Waals surface area contributed by atoms with Crippen LogP contribution in [0.4, 0.5) is 4.39 Å². The molecule has 0 amide bonds. The maximum atomic E-state index is 13.0. The lowest BCUT2D eigenvalue weighted by Crippen LogP contribution is -2.04. The zero-order chi connectivity index (χ0) is 14.0. The molecule has 98 valence electrons. The van der Waals surface area contributed by atoms with Crippen molar-refractivity contribution in [1.29, 1.82) is 0 Å². The zero-order valence-electron chi connectivity index (χ0n) is 9.59. The van der Waals surface area contributed by atoms with E-state index in [-0.39, 0.29) is 17.2 Å². The van der Waals surface area contributed by atoms with Crippen molar-refractivity contribution < 1.29 is 9.18 Å². The minimum absolute atomic E-state index is 0.00522. The summed E-state index contributed by atoms with van der Waals surface area (Å²) in [5.74, 6) is -0.646. The lowest BCUT2D eigenvalue weighted by Gasteiger charge is -2.05. The van der Waals surface area contributed by atoms with Gasteiger partial charge in [0.25, 0.3) is 0 Å². The van der Waals surface area contributed by atoms with Crippen molar-refractivity contribution in [1.82, 2.24) is 0 Å². The molecule has 0 N–H and O–H groups in total. The second-order valence-corrected chi connectivity index (χ2v) is 5.70. The van der Waals surface area contributed by atoms with Gasteiger partial charge in [0.1, 0.15) is 5.82 Å². The quantitative estimate of drug-likeness (QED) is 0.676. The average Bonchev–Trinajstić information content (AvgIpc) is 2.36. The zero-order valence-corrected chi connectivity index (χ0v) is 12.7. The van der Waals surface area contributed by atoms with Crippen LogP contribution in [0.1, 0.15) is 15.9 Å². The summed E-state index contributed by atoms with van der Waals surface area (Å²) in [6, 6.07) is 9.29. The maximum Gasteiger partial charge on any atom is 0.168 e. The normalized spacial score (nSPS) is 10.5. The van der Waals surface area contributed by atoms with Crippen LogP contribution in [0.2, 0.25) is 10.0 Å². The highest BCUT2D eigenvalue weighted by Gasteiger charge is 2.12. The van der Waals surface area contributed by atoms with E-state index in [0.717, 1.165) is 4.47 Å². The lowest BCUT2D eigenvalue weighted by atomic mass is 10.0. The Morgan fingerprint density at radius 2 is 1.84 bits per heavy atom. The number of carbonyl (C=O) groups is 1. The number of hydrogen-bond donors (Lipinski definition) is 0. The Morgan fingerprint density at radius 3 is 2.53 bits per heavy atom. The van der Waals surface area contributed by atoms with Crippen molar-refractivity contribution >= 4 is 44.9 Å². The molecule has 0 radical (unpaired) electrons. The predicted octanol–water partition coefficient (Wildman–Crippen LogP) is 5.32. The molecule has 19 heavy (non-hydrogen) atoms. The van der Waals surface area contributed by atoms with E-state index < -0.39 is 5.82 Å². The van der Waals surface area contributed by atoms with E-state index in [0.29, 0.717) is 16.1 Å². The first-order valence-corrected chi connectivity index (χ1v) is 6.94. The number of carbonyl (C=O) groups excluding carboxylic acids is 1. The minimum atomic E-state index is -0.502. The van der Waals surface area contributed by atoms with Crippen molar-refractivity contribution in [3.05, 3.63) is 67.9 Å². The SMILES string of the molecule is O=C(Cc1ccc(F)c(Cl)c1)c1cc(Br)ccc1Cl. The maximum absolute atomic E-state index is 13.0. The summed E-state index contributed by atoms with van der Waals surface area (Å²) in [4.78, 5) is 12.1. The van der Waals surface area contributed by atoms with Crippen molar-refractivity contribution in [2.24, 2.45) is 0 Å². The molecule has 2 rings (SSSR count). The summed E-state index contributed by atoms with van der Waals surface area (Å²) >= 11 is 15.0. The molecule has 2 aromatic carbocycles. The Balaban J connectivity index is 2.25. The van der Waals surface area contributed by atoms with Gasteiger partial charge in [-0.3, -0.25) is 4.79 Å². The fourth-order valence-corrected chi connectivity index (χ4v) is 2.43. The van der Waals surface area contributed by atoms with E-state index in [1.165, 1.54) is 18.2 Å². The van der Waals surface area contributed by atoms with Crippen molar-refractivity contribution in [3.8, 4) is 0 Å². The molecule has 1 nitrogen and oxygen atoms in total. The van der Waals surface area contributed by atoms with Gasteiger partial charge in [-0.15, -0.1) is 0 Å². The van der Waals surface area contributed by atoms with E-state index in [9.17, 15) is 9.18 Å². The topological polar surface area (TPSA) is 17.1 Å². The number of Topliss-reactive ketones (excluding diaryl/α,β-unsaturated/α-hetero) is 1. The first-order chi connectivity index (χ1) is 8.97. The first-order valence-electron chi connectivity index (χ1n) is 5.39. The summed E-state index contributed by atoms with van der Waals surface area (Å²) in [6.07, 6.45) is 0.121. The Kier molecular flexibility index (Phi) is 4.61. The molecule has 0 saturated carbocycles. The fourth-order valence-electron chi connectivity index (χ4n) is 1.64. The monoisotopic (exact) mass is 360 g/mol. The van der Waals surface area contributed by atoms with Gasteiger partial charge in [-0.2, -0.15) is 0 Å². The minimum Gasteiger partial charge on any atom is -0.294 e. The summed E-state index contributed by atoms with van der Waals surface area (Å²) in [5.41, 5.74) is 1.07. The summed E-state index contributed by atoms with van der Waals surface area (Å²) in [6.45, 7) is 0. The van der Waals surface area contributed by atoms with Crippen molar-refractivity contribution in [2.75, 3.05) is 0 Å². The molecule has 0 aliphatic rings. The van der Waals surface area contributed by atoms with Crippen LogP contribution in [0.3, 0.4) is 0 Å². The number of benzene rings is 2. The molecule has 0 heterocycles. The molecule has 0 saturated heterocycles. The molecule has 0 bridgehead atoms. The molecule has 0 aliphatic carbocycles. The van der Waals surface area contributed by atoms with Crippen LogP contribution in [0.15, 0.2) is 40.9 Å². The Morgan fingerprint density at radius 1 is 1.11 bits per heavy atom. The van der Waals surface area contributed by atoms with E-state index in [2.05, 4.69) is 15.9 Å². The molecule has 0 aliphatic heterocycles. The number of ketones is 1. The average molecular weight is 362 g/mol. The standard InChI is InChI=1S/C14H8BrCl2FO/c15-9-2-3-11(16)10(7-9)14(19)6-8-1-4-13(18)12(17)5-8/h1-5,7H,6H2. The van der Waals surface area contributed by atoms with Crippen LogP contribution in [0, 0.1) is 5.82 Å². The van der Waals surface area contributed by atoms with E-state index >= 15 is 0 Å². The van der Waals surface area contributed by atoms with Gasteiger partial charge in [-0.1, -0.05) is 45.2 Å². The predicted molar refractivity (Wildman–Crippen MR) is 78.6 cm³/mol. The van der Waals surface area contributed by atoms with E-state index in [4.69, 9.17) is 23.2 Å². The molecule has 0 fully saturated rings. The van der Waals surface area contributed by atoms with E-state index in [1.807, 2.05) is 0 Å². The van der Waals surface area contributed by atoms with Gasteiger partial charge < -0.3 is 0 Å². The lowest BCUT2D eigenvalue weighted by molar-refractivity contribution is 0.0993. The second-order valence-electron chi connectivity index (χ2n) is 3.97. The van der Waals surface area contributed by atoms with Crippen LogP contribution in [-0.2, 0) is 6.42 Å². The van der Waals surface area contributed by atoms with Crippen molar-refractivity contribution in [3.63, 3.8) is 0 Å². The molecular weight excluding hydrogens is 354 g/mol. The van der Waals surface area contributed by atoms with Crippen LogP contribution in [0.25, 0.3) is 0 Å². The van der Waals surface area contributed by atoms with Gasteiger partial charge in [0.05, 0.1) is 10.0 Å². The molecule has 0 unspecified atom stereocenters. The smallest absolute Gasteiger partial charge is 0.168 e. The number of rotatable bonds is 3. The Labute approximate surface area is 128 Å². The summed E-state index contributed by atoms with van der Waals surface area (Å²) in [5, 5.41) is 0.395. The van der Waals surface area contributed by atoms with Gasteiger partial charge in [0.2, 0.25) is 0 Å². The van der Waals surface area contributed by atoms with Crippen LogP contribution >= 0.6 is 39.1 Å². The second kappa shape index (κ2) is 6.04. The third kappa shape index (κ3) is 3.56. The highest BCUT2D eigenvalue weighted by atomic mass is 79.9. The van der Waals surface area contributed by atoms with Crippen molar-refractivity contribution in [2.45, 2.75) is 6.42 Å².